The van der Waals surface area contributed by atoms with Crippen LogP contribution in [0.1, 0.15) is 54.6 Å². The number of nitrogens with one attached hydrogen (secondary N) is 1. The Morgan fingerprint density at radius 1 is 0.969 bits per heavy atom. The highest BCUT2D eigenvalue weighted by molar-refractivity contribution is 5.95. The highest BCUT2D eigenvalue weighted by Crippen LogP contribution is 2.32. The molecule has 0 amide bonds. The molecule has 0 bridgehead atoms. The zero-order chi connectivity index (χ0) is 22.2. The number of fused-ring (bicyclic) bond motifs is 2. The third-order valence-corrected chi connectivity index (χ3v) is 7.62. The van der Waals surface area contributed by atoms with Gasteiger partial charge in [-0.25, -0.2) is 0 Å². The van der Waals surface area contributed by atoms with Gasteiger partial charge < -0.3 is 10.2 Å². The van der Waals surface area contributed by atoms with E-state index in [0.29, 0.717) is 6.04 Å². The first-order valence-corrected chi connectivity index (χ1v) is 12.1. The van der Waals surface area contributed by atoms with Crippen LogP contribution in [-0.2, 0) is 0 Å². The number of hydrogen-bond donors (Lipinski definition) is 1. The molecule has 5 heteroatoms. The molecule has 0 spiro atoms. The van der Waals surface area contributed by atoms with Crippen LogP contribution < -0.4 is 10.2 Å². The summed E-state index contributed by atoms with van der Waals surface area (Å²) in [7, 11) is 0. The van der Waals surface area contributed by atoms with Gasteiger partial charge in [-0.2, -0.15) is 5.10 Å². The number of piperidine rings is 1. The lowest BCUT2D eigenvalue weighted by atomic mass is 9.98. The number of benzene rings is 2. The molecule has 2 saturated heterocycles. The van der Waals surface area contributed by atoms with Crippen LogP contribution in [0.4, 0.5) is 11.5 Å². The van der Waals surface area contributed by atoms with Crippen molar-refractivity contribution < 1.29 is 0 Å². The Hall–Kier alpha value is -2.66. The predicted octanol–water partition coefficient (Wildman–Crippen LogP) is 5.40. The molecule has 2 aliphatic rings. The maximum atomic E-state index is 4.59. The van der Waals surface area contributed by atoms with Gasteiger partial charge in [-0.3, -0.25) is 4.90 Å². The van der Waals surface area contributed by atoms with Crippen LogP contribution in [0.2, 0.25) is 0 Å². The summed E-state index contributed by atoms with van der Waals surface area (Å²) in [6, 6.07) is 14.2. The molecule has 2 aromatic carbocycles. The lowest BCUT2D eigenvalue weighted by molar-refractivity contribution is 0.133. The molecule has 5 rings (SSSR count). The van der Waals surface area contributed by atoms with Crippen molar-refractivity contribution in [3.8, 4) is 0 Å². The topological polar surface area (TPSA) is 44.3 Å². The molecule has 3 aromatic rings. The first kappa shape index (κ1) is 21.2. The third kappa shape index (κ3) is 3.95. The number of nitrogens with zero attached hydrogens (tertiary/aromatic N) is 4. The van der Waals surface area contributed by atoms with Crippen LogP contribution in [0, 0.1) is 20.8 Å². The summed E-state index contributed by atoms with van der Waals surface area (Å²) in [5.74, 6) is 0.872. The molecular formula is C27H35N5. The van der Waals surface area contributed by atoms with E-state index in [1.165, 1.54) is 65.5 Å². The zero-order valence-electron chi connectivity index (χ0n) is 19.9. The van der Waals surface area contributed by atoms with Gasteiger partial charge in [-0.15, -0.1) is 5.10 Å². The van der Waals surface area contributed by atoms with E-state index in [1.54, 1.807) is 0 Å². The summed E-state index contributed by atoms with van der Waals surface area (Å²) in [5.41, 5.74) is 6.25. The van der Waals surface area contributed by atoms with Gasteiger partial charge in [-0.05, 0) is 75.9 Å². The van der Waals surface area contributed by atoms with E-state index in [-0.39, 0.29) is 6.04 Å². The summed E-state index contributed by atoms with van der Waals surface area (Å²) < 4.78 is 0. The monoisotopic (exact) mass is 429 g/mol. The average Bonchev–Trinajstić information content (AvgIpc) is 2.82. The van der Waals surface area contributed by atoms with Crippen molar-refractivity contribution in [2.24, 2.45) is 0 Å². The van der Waals surface area contributed by atoms with Crippen molar-refractivity contribution in [2.45, 2.75) is 59.0 Å². The number of anilines is 2. The van der Waals surface area contributed by atoms with Crippen LogP contribution in [-0.4, -0.2) is 47.3 Å². The van der Waals surface area contributed by atoms with E-state index in [1.807, 2.05) is 6.92 Å². The molecule has 32 heavy (non-hydrogen) atoms. The molecule has 5 nitrogen and oxygen atoms in total. The Labute approximate surface area is 191 Å². The Balaban J connectivity index is 1.46. The fourth-order valence-electron chi connectivity index (χ4n) is 5.50. The Bertz CT molecular complexity index is 1120. The molecule has 1 N–H and O–H groups in total. The van der Waals surface area contributed by atoms with Crippen molar-refractivity contribution in [1.29, 1.82) is 0 Å². The fourth-order valence-corrected chi connectivity index (χ4v) is 5.50. The van der Waals surface area contributed by atoms with E-state index >= 15 is 0 Å². The molecule has 3 heterocycles. The summed E-state index contributed by atoms with van der Waals surface area (Å²) >= 11 is 0. The van der Waals surface area contributed by atoms with E-state index in [9.17, 15) is 0 Å². The van der Waals surface area contributed by atoms with E-state index in [0.717, 1.165) is 24.6 Å². The van der Waals surface area contributed by atoms with Crippen molar-refractivity contribution in [3.05, 3.63) is 58.8 Å². The largest absolute Gasteiger partial charge is 0.369 e. The van der Waals surface area contributed by atoms with Crippen molar-refractivity contribution in [1.82, 2.24) is 15.1 Å². The van der Waals surface area contributed by atoms with Gasteiger partial charge in [0.05, 0.1) is 11.7 Å². The van der Waals surface area contributed by atoms with Gasteiger partial charge in [0, 0.05) is 42.1 Å². The van der Waals surface area contributed by atoms with Crippen LogP contribution in [0.15, 0.2) is 36.4 Å². The number of aromatic nitrogens is 2. The maximum absolute atomic E-state index is 4.59. The normalized spacial score (nSPS) is 20.2. The minimum Gasteiger partial charge on any atom is -0.369 e. The summed E-state index contributed by atoms with van der Waals surface area (Å²) in [5, 5.41) is 15.1. The number of rotatable bonds is 4. The Morgan fingerprint density at radius 3 is 2.72 bits per heavy atom. The minimum absolute atomic E-state index is 0.157. The van der Waals surface area contributed by atoms with E-state index < -0.39 is 0 Å². The average molecular weight is 430 g/mol. The zero-order valence-corrected chi connectivity index (χ0v) is 19.9. The van der Waals surface area contributed by atoms with Crippen molar-refractivity contribution in [3.63, 3.8) is 0 Å². The first-order chi connectivity index (χ1) is 15.5. The predicted molar refractivity (Wildman–Crippen MR) is 134 cm³/mol. The Kier molecular flexibility index (Phi) is 5.76. The molecule has 0 aliphatic carbocycles. The standard InChI is InChI=1S/C27H35N5/c1-18-8-7-10-24(19(18)2)20(3)28-27-26-16-22(11-12-25(26)21(4)29-30-27)32-15-14-31-13-6-5-9-23(31)17-32/h7-8,10-12,16,20,23H,5-6,9,13-15,17H2,1-4H3,(H,28,30)/t20-,23-/m1/s1. The second kappa shape index (κ2) is 8.70. The first-order valence-electron chi connectivity index (χ1n) is 12.1. The SMILES string of the molecule is Cc1cccc([C@@H](C)Nc2nnc(C)c3ccc(N4CCN5CCCC[C@@H]5C4)cc23)c1C. The van der Waals surface area contributed by atoms with Crippen molar-refractivity contribution in [2.75, 3.05) is 36.4 Å². The molecule has 1 aromatic heterocycles. The third-order valence-electron chi connectivity index (χ3n) is 7.62. The minimum atomic E-state index is 0.157. The summed E-state index contributed by atoms with van der Waals surface area (Å²) in [6.07, 6.45) is 4.05. The highest BCUT2D eigenvalue weighted by atomic mass is 15.3. The number of aryl methyl sites for hydroxylation is 2. The van der Waals surface area contributed by atoms with Crippen LogP contribution >= 0.6 is 0 Å². The van der Waals surface area contributed by atoms with Crippen LogP contribution in [0.3, 0.4) is 0 Å². The summed E-state index contributed by atoms with van der Waals surface area (Å²) in [6.45, 7) is 13.3. The van der Waals surface area contributed by atoms with Crippen molar-refractivity contribution >= 4 is 22.3 Å². The lowest BCUT2D eigenvalue weighted by Crippen LogP contribution is -2.54. The fraction of sp³-hybridized carbons (Fsp3) is 0.481. The second-order valence-corrected chi connectivity index (χ2v) is 9.65. The van der Waals surface area contributed by atoms with E-state index in [4.69, 9.17) is 0 Å². The number of piperazine rings is 1. The number of hydrogen-bond acceptors (Lipinski definition) is 5. The maximum Gasteiger partial charge on any atom is 0.157 e. The van der Waals surface area contributed by atoms with Gasteiger partial charge in [0.1, 0.15) is 0 Å². The van der Waals surface area contributed by atoms with Gasteiger partial charge in [0.2, 0.25) is 0 Å². The smallest absolute Gasteiger partial charge is 0.157 e. The molecule has 0 radical (unpaired) electrons. The molecule has 2 aliphatic heterocycles. The van der Waals surface area contributed by atoms with Gasteiger partial charge in [0.25, 0.3) is 0 Å². The second-order valence-electron chi connectivity index (χ2n) is 9.65. The molecule has 0 unspecified atom stereocenters. The molecule has 2 fully saturated rings. The lowest BCUT2D eigenvalue weighted by Gasteiger charge is -2.45. The van der Waals surface area contributed by atoms with Gasteiger partial charge >= 0.3 is 0 Å². The molecule has 168 valence electrons. The van der Waals surface area contributed by atoms with Crippen LogP contribution in [0.25, 0.3) is 10.8 Å². The highest BCUT2D eigenvalue weighted by Gasteiger charge is 2.29. The van der Waals surface area contributed by atoms with Gasteiger partial charge in [-0.1, -0.05) is 30.7 Å². The summed E-state index contributed by atoms with van der Waals surface area (Å²) in [4.78, 5) is 5.26. The Morgan fingerprint density at radius 2 is 1.84 bits per heavy atom. The quantitative estimate of drug-likeness (QED) is 0.601. The molecular weight excluding hydrogens is 394 g/mol. The molecule has 2 atom stereocenters. The van der Waals surface area contributed by atoms with E-state index in [2.05, 4.69) is 82.5 Å². The molecule has 0 saturated carbocycles. The van der Waals surface area contributed by atoms with Gasteiger partial charge in [0.15, 0.2) is 5.82 Å². The van der Waals surface area contributed by atoms with Crippen LogP contribution in [0.5, 0.6) is 0 Å².